The minimum absolute atomic E-state index is 0.198. The second kappa shape index (κ2) is 7.36. The molecule has 3 unspecified atom stereocenters. The molecule has 0 aromatic heterocycles. The molecule has 1 aliphatic carbocycles. The lowest BCUT2D eigenvalue weighted by Gasteiger charge is -2.48. The lowest BCUT2D eigenvalue weighted by Crippen LogP contribution is -2.51. The Morgan fingerprint density at radius 1 is 1.17 bits per heavy atom. The Kier molecular flexibility index (Phi) is 5.91. The Hall–Kier alpha value is -0.860. The van der Waals surface area contributed by atoms with Crippen LogP contribution in [0.5, 0.6) is 0 Å². The van der Waals surface area contributed by atoms with Gasteiger partial charge in [0.2, 0.25) is 0 Å². The van der Waals surface area contributed by atoms with E-state index >= 15 is 0 Å². The Labute approximate surface area is 142 Å². The Morgan fingerprint density at radius 3 is 2.43 bits per heavy atom. The lowest BCUT2D eigenvalue weighted by molar-refractivity contribution is -0.432. The molecule has 3 atom stereocenters. The SMILES string of the molecule is C=C(CCC(C)=CCCC(C)C12C=CC(C)(CC1)OO2)C(C)C. The molecule has 2 nitrogen and oxygen atoms in total. The van der Waals surface area contributed by atoms with E-state index in [0.29, 0.717) is 11.8 Å². The molecule has 0 amide bonds. The smallest absolute Gasteiger partial charge is 0.124 e. The van der Waals surface area contributed by atoms with Crippen molar-refractivity contribution in [3.8, 4) is 0 Å². The van der Waals surface area contributed by atoms with Crippen LogP contribution in [-0.2, 0) is 9.78 Å². The molecule has 0 radical (unpaired) electrons. The van der Waals surface area contributed by atoms with Crippen LogP contribution in [0.4, 0.5) is 0 Å². The lowest BCUT2D eigenvalue weighted by atomic mass is 9.74. The van der Waals surface area contributed by atoms with Gasteiger partial charge in [-0.1, -0.05) is 56.7 Å². The van der Waals surface area contributed by atoms with E-state index in [1.165, 1.54) is 11.1 Å². The Morgan fingerprint density at radius 2 is 1.91 bits per heavy atom. The van der Waals surface area contributed by atoms with Crippen molar-refractivity contribution in [2.45, 2.75) is 84.3 Å². The van der Waals surface area contributed by atoms with Crippen molar-refractivity contribution >= 4 is 0 Å². The number of allylic oxidation sites excluding steroid dienone is 3. The van der Waals surface area contributed by atoms with E-state index in [2.05, 4.69) is 59.4 Å². The van der Waals surface area contributed by atoms with Gasteiger partial charge >= 0.3 is 0 Å². The monoisotopic (exact) mass is 318 g/mol. The Bertz CT molecular complexity index is 476. The number of hydrogen-bond donors (Lipinski definition) is 0. The van der Waals surface area contributed by atoms with Crippen molar-refractivity contribution in [1.29, 1.82) is 0 Å². The van der Waals surface area contributed by atoms with Crippen LogP contribution in [0, 0.1) is 11.8 Å². The number of rotatable bonds is 8. The first-order chi connectivity index (χ1) is 10.8. The molecule has 1 saturated heterocycles. The molecule has 2 bridgehead atoms. The van der Waals surface area contributed by atoms with Gasteiger partial charge in [-0.15, -0.1) is 0 Å². The second-order valence-corrected chi connectivity index (χ2v) is 8.11. The fraction of sp³-hybridized carbons (Fsp3) is 0.714. The van der Waals surface area contributed by atoms with Crippen LogP contribution in [0.2, 0.25) is 0 Å². The van der Waals surface area contributed by atoms with Crippen molar-refractivity contribution in [3.63, 3.8) is 0 Å². The average Bonchev–Trinajstić information content (AvgIpc) is 2.53. The Balaban J connectivity index is 1.78. The molecule has 1 fully saturated rings. The molecule has 0 N–H and O–H groups in total. The summed E-state index contributed by atoms with van der Waals surface area (Å²) in [5.74, 6) is 1.06. The zero-order chi connectivity index (χ0) is 17.1. The molecular weight excluding hydrogens is 284 g/mol. The third kappa shape index (κ3) is 4.58. The van der Waals surface area contributed by atoms with Gasteiger partial charge in [0.1, 0.15) is 11.2 Å². The van der Waals surface area contributed by atoms with Crippen molar-refractivity contribution in [1.82, 2.24) is 0 Å². The molecular formula is C21H34O2. The maximum atomic E-state index is 5.77. The minimum Gasteiger partial charge on any atom is -0.225 e. The molecule has 2 heteroatoms. The molecule has 2 heterocycles. The molecule has 23 heavy (non-hydrogen) atoms. The van der Waals surface area contributed by atoms with Crippen molar-refractivity contribution < 1.29 is 9.78 Å². The first kappa shape index (κ1) is 18.5. The van der Waals surface area contributed by atoms with Gasteiger partial charge in [-0.3, -0.25) is 0 Å². The summed E-state index contributed by atoms with van der Waals surface area (Å²) < 4.78 is 0. The van der Waals surface area contributed by atoms with E-state index in [1.807, 2.05) is 0 Å². The van der Waals surface area contributed by atoms with Crippen LogP contribution < -0.4 is 0 Å². The van der Waals surface area contributed by atoms with Gasteiger partial charge in [0.05, 0.1) is 0 Å². The number of hydrogen-bond acceptors (Lipinski definition) is 2. The second-order valence-electron chi connectivity index (χ2n) is 8.11. The van der Waals surface area contributed by atoms with Gasteiger partial charge in [-0.25, -0.2) is 9.78 Å². The first-order valence-corrected chi connectivity index (χ1v) is 9.17. The summed E-state index contributed by atoms with van der Waals surface area (Å²) in [5, 5.41) is 0. The quantitative estimate of drug-likeness (QED) is 0.394. The van der Waals surface area contributed by atoms with E-state index < -0.39 is 0 Å². The van der Waals surface area contributed by atoms with Gasteiger partial charge < -0.3 is 0 Å². The first-order valence-electron chi connectivity index (χ1n) is 9.17. The molecule has 3 aliphatic rings. The minimum atomic E-state index is -0.203. The molecule has 0 saturated carbocycles. The third-order valence-electron chi connectivity index (χ3n) is 5.70. The predicted molar refractivity (Wildman–Crippen MR) is 97.0 cm³/mol. The third-order valence-corrected chi connectivity index (χ3v) is 5.70. The van der Waals surface area contributed by atoms with Gasteiger partial charge in [-0.05, 0) is 64.2 Å². The highest BCUT2D eigenvalue weighted by atomic mass is 17.2. The summed E-state index contributed by atoms with van der Waals surface area (Å²) in [7, 11) is 0. The van der Waals surface area contributed by atoms with Gasteiger partial charge in [0.15, 0.2) is 0 Å². The summed E-state index contributed by atoms with van der Waals surface area (Å²) in [6, 6.07) is 0. The maximum absolute atomic E-state index is 5.77. The average molecular weight is 319 g/mol. The van der Waals surface area contributed by atoms with Crippen LogP contribution in [0.15, 0.2) is 36.0 Å². The van der Waals surface area contributed by atoms with E-state index in [-0.39, 0.29) is 11.2 Å². The van der Waals surface area contributed by atoms with E-state index in [0.717, 1.165) is 38.5 Å². The molecule has 0 aromatic rings. The van der Waals surface area contributed by atoms with Crippen molar-refractivity contribution in [2.75, 3.05) is 0 Å². The molecule has 3 rings (SSSR count). The zero-order valence-electron chi connectivity index (χ0n) is 15.7. The highest BCUT2D eigenvalue weighted by Crippen LogP contribution is 2.45. The maximum Gasteiger partial charge on any atom is 0.124 e. The zero-order valence-corrected chi connectivity index (χ0v) is 15.7. The summed E-state index contributed by atoms with van der Waals surface area (Å²) >= 11 is 0. The summed E-state index contributed by atoms with van der Waals surface area (Å²) in [4.78, 5) is 11.4. The topological polar surface area (TPSA) is 18.5 Å². The van der Waals surface area contributed by atoms with Crippen molar-refractivity contribution in [2.24, 2.45) is 11.8 Å². The summed E-state index contributed by atoms with van der Waals surface area (Å²) in [6.07, 6.45) is 13.4. The van der Waals surface area contributed by atoms with Crippen LogP contribution in [-0.4, -0.2) is 11.2 Å². The van der Waals surface area contributed by atoms with Crippen LogP contribution in [0.3, 0.4) is 0 Å². The molecule has 2 aliphatic heterocycles. The highest BCUT2D eigenvalue weighted by molar-refractivity contribution is 5.18. The summed E-state index contributed by atoms with van der Waals surface area (Å²) in [6.45, 7) is 15.2. The van der Waals surface area contributed by atoms with Crippen LogP contribution >= 0.6 is 0 Å². The van der Waals surface area contributed by atoms with Crippen LogP contribution in [0.1, 0.15) is 73.1 Å². The number of fused-ring (bicyclic) bond motifs is 2. The fourth-order valence-electron chi connectivity index (χ4n) is 3.30. The van der Waals surface area contributed by atoms with Crippen molar-refractivity contribution in [3.05, 3.63) is 36.0 Å². The van der Waals surface area contributed by atoms with Gasteiger partial charge in [0, 0.05) is 0 Å². The van der Waals surface area contributed by atoms with E-state index in [4.69, 9.17) is 9.78 Å². The predicted octanol–water partition coefficient (Wildman–Crippen LogP) is 6.15. The van der Waals surface area contributed by atoms with Gasteiger partial charge in [0.25, 0.3) is 0 Å². The largest absolute Gasteiger partial charge is 0.225 e. The molecule has 130 valence electrons. The fourth-order valence-corrected chi connectivity index (χ4v) is 3.30. The van der Waals surface area contributed by atoms with E-state index in [1.54, 1.807) is 0 Å². The van der Waals surface area contributed by atoms with Gasteiger partial charge in [-0.2, -0.15) is 0 Å². The molecule has 0 aromatic carbocycles. The standard InChI is InChI=1S/C21H34O2/c1-16(2)18(4)11-10-17(3)8-7-9-19(5)21-14-12-20(6,13-15-21)22-23-21/h8,12,14,16,19H,4,7,9-11,13,15H2,1-3,5-6H3. The molecule has 0 spiro atoms. The van der Waals surface area contributed by atoms with Crippen LogP contribution in [0.25, 0.3) is 0 Å². The summed E-state index contributed by atoms with van der Waals surface area (Å²) in [5.41, 5.74) is 2.43. The normalized spacial score (nSPS) is 31.7. The van der Waals surface area contributed by atoms with E-state index in [9.17, 15) is 0 Å². The highest BCUT2D eigenvalue weighted by Gasteiger charge is 2.48.